The van der Waals surface area contributed by atoms with Crippen LogP contribution in [0.3, 0.4) is 0 Å². The van der Waals surface area contributed by atoms with Crippen molar-refractivity contribution in [1.29, 1.82) is 0 Å². The zero-order valence-corrected chi connectivity index (χ0v) is 10.8. The van der Waals surface area contributed by atoms with E-state index in [2.05, 4.69) is 40.2 Å². The molecular formula is C15H21N3. The molecule has 3 nitrogen and oxygen atoms in total. The normalized spacial score (nSPS) is 24.6. The summed E-state index contributed by atoms with van der Waals surface area (Å²) in [6, 6.07) is 11.1. The molecule has 0 bridgehead atoms. The minimum absolute atomic E-state index is 0.535. The Kier molecular flexibility index (Phi) is 3.22. The maximum Gasteiger partial charge on any atom is 0.191 e. The summed E-state index contributed by atoms with van der Waals surface area (Å²) in [5, 5.41) is 0. The van der Waals surface area contributed by atoms with Gasteiger partial charge in [0, 0.05) is 6.54 Å². The van der Waals surface area contributed by atoms with Gasteiger partial charge in [0.25, 0.3) is 0 Å². The van der Waals surface area contributed by atoms with Gasteiger partial charge >= 0.3 is 0 Å². The zero-order chi connectivity index (χ0) is 12.4. The molecule has 1 aromatic carbocycles. The molecule has 1 atom stereocenters. The monoisotopic (exact) mass is 243 g/mol. The van der Waals surface area contributed by atoms with E-state index in [-0.39, 0.29) is 0 Å². The van der Waals surface area contributed by atoms with Crippen molar-refractivity contribution < 1.29 is 0 Å². The summed E-state index contributed by atoms with van der Waals surface area (Å²) >= 11 is 0. The molecule has 1 heterocycles. The van der Waals surface area contributed by atoms with Crippen LogP contribution < -0.4 is 5.73 Å². The molecule has 2 N–H and O–H groups in total. The van der Waals surface area contributed by atoms with Gasteiger partial charge in [-0.3, -0.25) is 4.99 Å². The number of hydrogen-bond donors (Lipinski definition) is 1. The van der Waals surface area contributed by atoms with Gasteiger partial charge in [0.15, 0.2) is 5.96 Å². The number of nitrogens with two attached hydrogens (primary N) is 1. The molecule has 18 heavy (non-hydrogen) atoms. The van der Waals surface area contributed by atoms with Crippen molar-refractivity contribution in [2.45, 2.75) is 38.3 Å². The Hall–Kier alpha value is -1.51. The van der Waals surface area contributed by atoms with Crippen LogP contribution in [0.25, 0.3) is 0 Å². The first-order valence-corrected chi connectivity index (χ1v) is 6.95. The zero-order valence-electron chi connectivity index (χ0n) is 10.8. The van der Waals surface area contributed by atoms with Gasteiger partial charge < -0.3 is 10.6 Å². The Morgan fingerprint density at radius 1 is 1.17 bits per heavy atom. The quantitative estimate of drug-likeness (QED) is 0.885. The second-order valence-corrected chi connectivity index (χ2v) is 5.42. The second-order valence-electron chi connectivity index (χ2n) is 5.42. The van der Waals surface area contributed by atoms with Crippen LogP contribution in [0.1, 0.15) is 31.2 Å². The van der Waals surface area contributed by atoms with E-state index in [9.17, 15) is 0 Å². The minimum Gasteiger partial charge on any atom is -0.370 e. The summed E-state index contributed by atoms with van der Waals surface area (Å²) in [6.45, 7) is 1.79. The summed E-state index contributed by atoms with van der Waals surface area (Å²) in [5.74, 6) is 1.52. The third kappa shape index (κ3) is 2.22. The molecule has 0 saturated heterocycles. The number of nitrogens with zero attached hydrogens (tertiary/aromatic N) is 2. The highest BCUT2D eigenvalue weighted by atomic mass is 15.3. The SMILES string of the molecule is NC1=NCC(C2CCCC2)N1Cc1ccccc1. The largest absolute Gasteiger partial charge is 0.370 e. The highest BCUT2D eigenvalue weighted by Crippen LogP contribution is 2.32. The molecule has 2 aliphatic rings. The number of aliphatic imine (C=N–C) groups is 1. The smallest absolute Gasteiger partial charge is 0.191 e. The molecule has 0 radical (unpaired) electrons. The van der Waals surface area contributed by atoms with E-state index in [0.717, 1.165) is 25.0 Å². The van der Waals surface area contributed by atoms with Crippen molar-refractivity contribution in [3.8, 4) is 0 Å². The second kappa shape index (κ2) is 5.01. The van der Waals surface area contributed by atoms with Gasteiger partial charge in [0.1, 0.15) is 0 Å². The van der Waals surface area contributed by atoms with Crippen LogP contribution in [0.5, 0.6) is 0 Å². The first-order valence-electron chi connectivity index (χ1n) is 6.95. The molecule has 96 valence electrons. The predicted molar refractivity (Wildman–Crippen MR) is 74.2 cm³/mol. The molecule has 3 heteroatoms. The van der Waals surface area contributed by atoms with Crippen molar-refractivity contribution in [3.63, 3.8) is 0 Å². The lowest BCUT2D eigenvalue weighted by Gasteiger charge is -2.30. The fraction of sp³-hybridized carbons (Fsp3) is 0.533. The summed E-state index contributed by atoms with van der Waals surface area (Å²) in [7, 11) is 0. The standard InChI is InChI=1S/C15H21N3/c16-15-17-10-14(13-8-4-5-9-13)18(15)11-12-6-2-1-3-7-12/h1-3,6-7,13-14H,4-5,8-11H2,(H2,16,17). The lowest BCUT2D eigenvalue weighted by atomic mass is 9.97. The Labute approximate surface area is 109 Å². The van der Waals surface area contributed by atoms with Crippen LogP contribution in [0.15, 0.2) is 35.3 Å². The van der Waals surface area contributed by atoms with Gasteiger partial charge in [-0.15, -0.1) is 0 Å². The number of hydrogen-bond acceptors (Lipinski definition) is 3. The van der Waals surface area contributed by atoms with Gasteiger partial charge in [-0.05, 0) is 24.3 Å². The Bertz CT molecular complexity index is 421. The van der Waals surface area contributed by atoms with Crippen LogP contribution in [-0.2, 0) is 6.54 Å². The molecular weight excluding hydrogens is 222 g/mol. The van der Waals surface area contributed by atoms with Crippen LogP contribution in [0.4, 0.5) is 0 Å². The summed E-state index contributed by atoms with van der Waals surface area (Å²) in [6.07, 6.45) is 5.44. The molecule has 0 amide bonds. The van der Waals surface area contributed by atoms with E-state index in [1.807, 2.05) is 0 Å². The van der Waals surface area contributed by atoms with Crippen molar-refractivity contribution >= 4 is 5.96 Å². The average molecular weight is 243 g/mol. The van der Waals surface area contributed by atoms with Gasteiger partial charge in [-0.1, -0.05) is 43.2 Å². The van der Waals surface area contributed by atoms with Crippen LogP contribution in [0, 0.1) is 5.92 Å². The molecule has 1 aliphatic carbocycles. The number of benzene rings is 1. The number of rotatable bonds is 3. The molecule has 0 aromatic heterocycles. The summed E-state index contributed by atoms with van der Waals surface area (Å²) in [5.41, 5.74) is 7.38. The lowest BCUT2D eigenvalue weighted by molar-refractivity contribution is 0.246. The maximum atomic E-state index is 6.06. The first kappa shape index (κ1) is 11.6. The van der Waals surface area contributed by atoms with Crippen molar-refractivity contribution in [3.05, 3.63) is 35.9 Å². The van der Waals surface area contributed by atoms with E-state index >= 15 is 0 Å². The molecule has 1 saturated carbocycles. The summed E-state index contributed by atoms with van der Waals surface area (Å²) in [4.78, 5) is 6.77. The van der Waals surface area contributed by atoms with E-state index in [1.54, 1.807) is 0 Å². The van der Waals surface area contributed by atoms with Gasteiger partial charge in [-0.25, -0.2) is 0 Å². The third-order valence-corrected chi connectivity index (χ3v) is 4.27. The fourth-order valence-corrected chi connectivity index (χ4v) is 3.27. The van der Waals surface area contributed by atoms with Crippen LogP contribution in [0.2, 0.25) is 0 Å². The first-order chi connectivity index (χ1) is 8.84. The predicted octanol–water partition coefficient (Wildman–Crippen LogP) is 2.38. The van der Waals surface area contributed by atoms with Gasteiger partial charge in [-0.2, -0.15) is 0 Å². The van der Waals surface area contributed by atoms with Crippen LogP contribution in [-0.4, -0.2) is 23.4 Å². The van der Waals surface area contributed by atoms with Gasteiger partial charge in [0.05, 0.1) is 12.6 Å². The Morgan fingerprint density at radius 2 is 1.89 bits per heavy atom. The average Bonchev–Trinajstić information content (AvgIpc) is 3.02. The van der Waals surface area contributed by atoms with Crippen molar-refractivity contribution in [1.82, 2.24) is 4.90 Å². The molecule has 0 spiro atoms. The third-order valence-electron chi connectivity index (χ3n) is 4.27. The number of guanidine groups is 1. The Morgan fingerprint density at radius 3 is 2.61 bits per heavy atom. The van der Waals surface area contributed by atoms with E-state index in [1.165, 1.54) is 31.2 Å². The van der Waals surface area contributed by atoms with E-state index < -0.39 is 0 Å². The lowest BCUT2D eigenvalue weighted by Crippen LogP contribution is -2.43. The maximum absolute atomic E-state index is 6.06. The highest BCUT2D eigenvalue weighted by molar-refractivity contribution is 5.80. The molecule has 1 aliphatic heterocycles. The van der Waals surface area contributed by atoms with E-state index in [0.29, 0.717) is 6.04 Å². The molecule has 3 rings (SSSR count). The van der Waals surface area contributed by atoms with Crippen molar-refractivity contribution in [2.24, 2.45) is 16.6 Å². The van der Waals surface area contributed by atoms with Crippen molar-refractivity contribution in [2.75, 3.05) is 6.54 Å². The minimum atomic E-state index is 0.535. The van der Waals surface area contributed by atoms with Crippen LogP contribution >= 0.6 is 0 Å². The fourth-order valence-electron chi connectivity index (χ4n) is 3.27. The Balaban J connectivity index is 1.73. The van der Waals surface area contributed by atoms with E-state index in [4.69, 9.17) is 5.73 Å². The molecule has 1 aromatic rings. The molecule has 1 fully saturated rings. The highest BCUT2D eigenvalue weighted by Gasteiger charge is 2.34. The van der Waals surface area contributed by atoms with Gasteiger partial charge in [0.2, 0.25) is 0 Å². The molecule has 1 unspecified atom stereocenters. The topological polar surface area (TPSA) is 41.6 Å². The summed E-state index contributed by atoms with van der Waals surface area (Å²) < 4.78 is 0.